The van der Waals surface area contributed by atoms with Crippen LogP contribution in [0, 0.1) is 22.3 Å². The normalized spacial score (nSPS) is 10.5. The Hall–Kier alpha value is -0.570. The zero-order valence-corrected chi connectivity index (χ0v) is 17.3. The van der Waals surface area contributed by atoms with E-state index in [1.165, 1.54) is 0 Å². The highest BCUT2D eigenvalue weighted by Gasteiger charge is 2.20. The van der Waals surface area contributed by atoms with E-state index in [0.717, 1.165) is 13.2 Å². The number of hydrogen-bond acceptors (Lipinski definition) is 3. The molecule has 2 aromatic rings. The van der Waals surface area contributed by atoms with Crippen LogP contribution < -0.4 is 4.74 Å². The molecule has 0 saturated carbocycles. The van der Waals surface area contributed by atoms with Crippen LogP contribution in [-0.2, 0) is 0 Å². The Morgan fingerprint density at radius 3 is 2.26 bits per heavy atom. The molecule has 9 heteroatoms. The lowest BCUT2D eigenvalue weighted by Crippen LogP contribution is -2.13. The first kappa shape index (κ1) is 18.8. The summed E-state index contributed by atoms with van der Waals surface area (Å²) in [6.07, 6.45) is 0. The van der Waals surface area contributed by atoms with Gasteiger partial charge in [-0.25, -0.2) is 18.4 Å². The van der Waals surface area contributed by atoms with Gasteiger partial charge in [0.2, 0.25) is 0 Å². The van der Waals surface area contributed by atoms with Gasteiger partial charge in [-0.05, 0) is 86.0 Å². The van der Waals surface area contributed by atoms with Crippen LogP contribution >= 0.6 is 67.8 Å². The average Bonchev–Trinajstić information content (AvgIpc) is 2.45. The van der Waals surface area contributed by atoms with Gasteiger partial charge < -0.3 is 9.84 Å². The van der Waals surface area contributed by atoms with E-state index < -0.39 is 29.1 Å². The van der Waals surface area contributed by atoms with Crippen molar-refractivity contribution in [3.63, 3.8) is 0 Å². The molecule has 0 heterocycles. The molecule has 2 aromatic carbocycles. The number of ether oxygens (including phenoxy) is 1. The molecule has 0 aliphatic carbocycles. The van der Waals surface area contributed by atoms with E-state index in [9.17, 15) is 18.4 Å². The van der Waals surface area contributed by atoms with Crippen LogP contribution in [0.1, 0.15) is 20.7 Å². The summed E-state index contributed by atoms with van der Waals surface area (Å²) in [4.78, 5) is 23.1. The minimum atomic E-state index is -1.65. The number of benzene rings is 2. The lowest BCUT2D eigenvalue weighted by Gasteiger charge is -2.09. The van der Waals surface area contributed by atoms with Gasteiger partial charge in [-0.3, -0.25) is 0 Å². The van der Waals surface area contributed by atoms with Crippen molar-refractivity contribution in [2.45, 2.75) is 0 Å². The van der Waals surface area contributed by atoms with Crippen LogP contribution in [-0.4, -0.2) is 17.0 Å². The Kier molecular flexibility index (Phi) is 6.16. The maximum absolute atomic E-state index is 13.4. The van der Waals surface area contributed by atoms with Gasteiger partial charge in [-0.1, -0.05) is 0 Å². The molecule has 0 fully saturated rings. The van der Waals surface area contributed by atoms with Crippen LogP contribution in [0.3, 0.4) is 0 Å². The first-order chi connectivity index (χ1) is 10.7. The number of carbonyl (C=O) groups excluding carboxylic acids is 1. The fourth-order valence-corrected chi connectivity index (χ4v) is 4.02. The highest BCUT2D eigenvalue weighted by molar-refractivity contribution is 14.1. The highest BCUT2D eigenvalue weighted by atomic mass is 127. The van der Waals surface area contributed by atoms with E-state index in [0.29, 0.717) is 9.64 Å². The summed E-state index contributed by atoms with van der Waals surface area (Å²) in [6.45, 7) is 0. The van der Waals surface area contributed by atoms with E-state index in [2.05, 4.69) is 22.6 Å². The van der Waals surface area contributed by atoms with Crippen molar-refractivity contribution in [2.75, 3.05) is 0 Å². The van der Waals surface area contributed by atoms with E-state index in [1.807, 2.05) is 51.2 Å². The number of esters is 1. The van der Waals surface area contributed by atoms with Gasteiger partial charge in [0.15, 0.2) is 11.6 Å². The quantitative estimate of drug-likeness (QED) is 0.226. The number of aromatic carboxylic acids is 1. The summed E-state index contributed by atoms with van der Waals surface area (Å²) >= 11 is 6.06. The summed E-state index contributed by atoms with van der Waals surface area (Å²) in [5.41, 5.74) is -0.650. The van der Waals surface area contributed by atoms with Gasteiger partial charge in [0.05, 0.1) is 5.56 Å². The highest BCUT2D eigenvalue weighted by Crippen LogP contribution is 2.26. The van der Waals surface area contributed by atoms with Crippen molar-refractivity contribution < 1.29 is 28.2 Å². The standard InChI is InChI=1S/C14H5F2I3O4/c15-9-4-6(3-7(11(9)16)13(20)21)23-14(22)8-1-5(17)2-10(18)12(8)19/h1-4H,(H,20,21). The minimum absolute atomic E-state index is 0.253. The SMILES string of the molecule is O=C(O)c1cc(OC(=O)c2cc(I)cc(I)c2I)cc(F)c1F. The summed E-state index contributed by atoms with van der Waals surface area (Å²) in [5.74, 6) is -5.72. The molecule has 1 N–H and O–H groups in total. The molecule has 0 amide bonds. The fourth-order valence-electron chi connectivity index (χ4n) is 1.65. The smallest absolute Gasteiger partial charge is 0.344 e. The number of rotatable bonds is 3. The number of halogens is 5. The maximum atomic E-state index is 13.4. The van der Waals surface area contributed by atoms with Crippen LogP contribution in [0.25, 0.3) is 0 Å². The molecular formula is C14H5F2I3O4. The first-order valence-corrected chi connectivity index (χ1v) is 9.03. The Balaban J connectivity index is 2.40. The minimum Gasteiger partial charge on any atom is -0.478 e. The fraction of sp³-hybridized carbons (Fsp3) is 0. The molecule has 0 unspecified atom stereocenters. The third-order valence-corrected chi connectivity index (χ3v) is 6.32. The van der Waals surface area contributed by atoms with Gasteiger partial charge in [0, 0.05) is 16.8 Å². The van der Waals surface area contributed by atoms with Crippen molar-refractivity contribution in [3.05, 3.63) is 57.7 Å². The third kappa shape index (κ3) is 4.29. The topological polar surface area (TPSA) is 63.6 Å². The summed E-state index contributed by atoms with van der Waals surface area (Å²) in [7, 11) is 0. The lowest BCUT2D eigenvalue weighted by atomic mass is 10.2. The molecule has 0 atom stereocenters. The molecule has 23 heavy (non-hydrogen) atoms. The van der Waals surface area contributed by atoms with E-state index >= 15 is 0 Å². The Labute approximate surface area is 170 Å². The molecule has 0 spiro atoms. The number of carboxylic acid groups (broad SMARTS) is 1. The maximum Gasteiger partial charge on any atom is 0.344 e. The monoisotopic (exact) mass is 656 g/mol. The Morgan fingerprint density at radius 1 is 1.00 bits per heavy atom. The van der Waals surface area contributed by atoms with Crippen molar-refractivity contribution in [2.24, 2.45) is 0 Å². The Bertz CT molecular complexity index is 824. The largest absolute Gasteiger partial charge is 0.478 e. The molecular weight excluding hydrogens is 651 g/mol. The molecule has 4 nitrogen and oxygen atoms in total. The second-order valence-corrected chi connectivity index (χ2v) is 7.70. The Morgan fingerprint density at radius 2 is 1.65 bits per heavy atom. The second-order valence-electron chi connectivity index (χ2n) is 4.21. The van der Waals surface area contributed by atoms with Crippen LogP contribution in [0.5, 0.6) is 5.75 Å². The molecule has 120 valence electrons. The zero-order chi connectivity index (χ0) is 17.3. The van der Waals surface area contributed by atoms with Crippen molar-refractivity contribution in [1.29, 1.82) is 0 Å². The first-order valence-electron chi connectivity index (χ1n) is 5.79. The number of carboxylic acids is 1. The van der Waals surface area contributed by atoms with Gasteiger partial charge in [0.1, 0.15) is 11.3 Å². The van der Waals surface area contributed by atoms with Gasteiger partial charge in [-0.15, -0.1) is 0 Å². The molecule has 0 bridgehead atoms. The third-order valence-electron chi connectivity index (χ3n) is 2.66. The van der Waals surface area contributed by atoms with Crippen molar-refractivity contribution in [1.82, 2.24) is 0 Å². The molecule has 2 rings (SSSR count). The summed E-state index contributed by atoms with van der Waals surface area (Å²) in [5, 5.41) is 8.83. The predicted molar refractivity (Wildman–Crippen MR) is 103 cm³/mol. The van der Waals surface area contributed by atoms with E-state index in [4.69, 9.17) is 9.84 Å². The van der Waals surface area contributed by atoms with Gasteiger partial charge in [-0.2, -0.15) is 0 Å². The van der Waals surface area contributed by atoms with Gasteiger partial charge >= 0.3 is 11.9 Å². The van der Waals surface area contributed by atoms with E-state index in [1.54, 1.807) is 6.07 Å². The van der Waals surface area contributed by atoms with Crippen LogP contribution in [0.2, 0.25) is 0 Å². The lowest BCUT2D eigenvalue weighted by molar-refractivity contribution is 0.0680. The average molecular weight is 656 g/mol. The molecule has 0 saturated heterocycles. The predicted octanol–water partition coefficient (Wildman–Crippen LogP) is 4.70. The molecule has 0 aromatic heterocycles. The molecule has 0 radical (unpaired) electrons. The van der Waals surface area contributed by atoms with Crippen molar-refractivity contribution >= 4 is 79.7 Å². The number of carbonyl (C=O) groups is 2. The van der Waals surface area contributed by atoms with E-state index in [-0.39, 0.29) is 11.3 Å². The van der Waals surface area contributed by atoms with Crippen LogP contribution in [0.15, 0.2) is 24.3 Å². The van der Waals surface area contributed by atoms with Crippen LogP contribution in [0.4, 0.5) is 8.78 Å². The van der Waals surface area contributed by atoms with Crippen molar-refractivity contribution in [3.8, 4) is 5.75 Å². The summed E-state index contributed by atoms with van der Waals surface area (Å²) < 4.78 is 34.1. The molecule has 0 aliphatic heterocycles. The second kappa shape index (κ2) is 7.55. The van der Waals surface area contributed by atoms with Gasteiger partial charge in [0.25, 0.3) is 0 Å². The number of hydrogen-bond donors (Lipinski definition) is 1. The zero-order valence-electron chi connectivity index (χ0n) is 10.9. The molecule has 0 aliphatic rings. The summed E-state index contributed by atoms with van der Waals surface area (Å²) in [6, 6.07) is 4.85.